The van der Waals surface area contributed by atoms with E-state index < -0.39 is 5.97 Å². The second-order valence-corrected chi connectivity index (χ2v) is 11.0. The Labute approximate surface area is 236 Å². The van der Waals surface area contributed by atoms with Gasteiger partial charge in [-0.25, -0.2) is 9.18 Å². The highest BCUT2D eigenvalue weighted by Gasteiger charge is 2.34. The molecule has 2 aliphatic rings. The molecule has 1 aliphatic heterocycles. The molecule has 0 radical (unpaired) electrons. The van der Waals surface area contributed by atoms with E-state index in [1.807, 2.05) is 30.0 Å². The van der Waals surface area contributed by atoms with Crippen LogP contribution in [0, 0.1) is 12.7 Å². The lowest BCUT2D eigenvalue weighted by Gasteiger charge is -2.33. The molecule has 8 nitrogen and oxygen atoms in total. The van der Waals surface area contributed by atoms with Crippen LogP contribution < -0.4 is 4.90 Å². The summed E-state index contributed by atoms with van der Waals surface area (Å²) in [5.74, 6) is -0.154. The van der Waals surface area contributed by atoms with Crippen molar-refractivity contribution in [3.63, 3.8) is 0 Å². The van der Waals surface area contributed by atoms with Gasteiger partial charge in [0.25, 0.3) is 0 Å². The van der Waals surface area contributed by atoms with Gasteiger partial charge in [-0.1, -0.05) is 35.0 Å². The Kier molecular flexibility index (Phi) is 7.10. The second-order valence-electron chi connectivity index (χ2n) is 10.6. The van der Waals surface area contributed by atoms with E-state index in [2.05, 4.69) is 10.3 Å². The molecule has 1 aliphatic carbocycles. The average Bonchev–Trinajstić information content (AvgIpc) is 3.57. The van der Waals surface area contributed by atoms with E-state index in [-0.39, 0.29) is 17.6 Å². The maximum Gasteiger partial charge on any atom is 0.354 e. The SMILES string of the molecule is Cc1cccc(Cl)c1-c1noc(C2CC2)c1COC1CCN(c2ccc(-c3cc(C(=O)O)n(C)n3)cc2F)CC1. The highest BCUT2D eigenvalue weighted by molar-refractivity contribution is 6.33. The Bertz CT molecular complexity index is 1550. The van der Waals surface area contributed by atoms with Crippen molar-refractivity contribution in [2.24, 2.45) is 7.05 Å². The number of aromatic nitrogens is 3. The molecule has 1 saturated heterocycles. The normalized spacial score (nSPS) is 16.1. The quantitative estimate of drug-likeness (QED) is 0.257. The molecule has 40 heavy (non-hydrogen) atoms. The number of halogens is 2. The number of benzene rings is 2. The van der Waals surface area contributed by atoms with Crippen molar-refractivity contribution in [3.05, 3.63) is 75.9 Å². The fourth-order valence-electron chi connectivity index (χ4n) is 5.45. The first-order valence-electron chi connectivity index (χ1n) is 13.5. The Morgan fingerprint density at radius 3 is 2.60 bits per heavy atom. The molecule has 4 aromatic rings. The smallest absolute Gasteiger partial charge is 0.354 e. The van der Waals surface area contributed by atoms with Crippen LogP contribution in [0.1, 0.15) is 59.0 Å². The first-order valence-corrected chi connectivity index (χ1v) is 13.9. The number of carboxylic acid groups (broad SMARTS) is 1. The van der Waals surface area contributed by atoms with E-state index in [1.165, 1.54) is 16.8 Å². The summed E-state index contributed by atoms with van der Waals surface area (Å²) in [4.78, 5) is 13.3. The molecule has 0 spiro atoms. The van der Waals surface area contributed by atoms with Gasteiger partial charge in [-0.05, 0) is 62.4 Å². The predicted octanol–water partition coefficient (Wildman–Crippen LogP) is 6.60. The Hall–Kier alpha value is -3.69. The van der Waals surface area contributed by atoms with Crippen molar-refractivity contribution in [1.82, 2.24) is 14.9 Å². The largest absolute Gasteiger partial charge is 0.477 e. The maximum atomic E-state index is 15.2. The van der Waals surface area contributed by atoms with Crippen LogP contribution in [0.25, 0.3) is 22.5 Å². The first kappa shape index (κ1) is 26.5. The fourth-order valence-corrected chi connectivity index (χ4v) is 5.76. The highest BCUT2D eigenvalue weighted by atomic mass is 35.5. The maximum absolute atomic E-state index is 15.2. The third-order valence-corrected chi connectivity index (χ3v) is 8.13. The topological polar surface area (TPSA) is 93.6 Å². The molecule has 208 valence electrons. The number of nitrogens with zero attached hydrogens (tertiary/aromatic N) is 4. The van der Waals surface area contributed by atoms with Gasteiger partial charge in [0.2, 0.25) is 0 Å². The summed E-state index contributed by atoms with van der Waals surface area (Å²) in [5.41, 5.74) is 5.18. The van der Waals surface area contributed by atoms with Crippen molar-refractivity contribution < 1.29 is 23.6 Å². The second kappa shape index (κ2) is 10.7. The monoisotopic (exact) mass is 564 g/mol. The van der Waals surface area contributed by atoms with Crippen LogP contribution in [-0.4, -0.2) is 45.2 Å². The number of carbonyl (C=O) groups is 1. The summed E-state index contributed by atoms with van der Waals surface area (Å²) in [5, 5.41) is 18.5. The van der Waals surface area contributed by atoms with E-state index in [1.54, 1.807) is 19.2 Å². The van der Waals surface area contributed by atoms with E-state index in [0.717, 1.165) is 53.8 Å². The van der Waals surface area contributed by atoms with Crippen LogP contribution in [0.15, 0.2) is 47.0 Å². The molecular weight excluding hydrogens is 535 g/mol. The summed E-state index contributed by atoms with van der Waals surface area (Å²) >= 11 is 6.55. The summed E-state index contributed by atoms with van der Waals surface area (Å²) < 4.78 is 28.6. The van der Waals surface area contributed by atoms with Crippen LogP contribution >= 0.6 is 11.6 Å². The number of aryl methyl sites for hydroxylation is 2. The molecule has 2 aromatic carbocycles. The molecule has 3 heterocycles. The third-order valence-electron chi connectivity index (χ3n) is 7.81. The third kappa shape index (κ3) is 5.11. The molecule has 2 aromatic heterocycles. The molecular formula is C30H30ClFN4O4. The molecule has 1 N–H and O–H groups in total. The van der Waals surface area contributed by atoms with Gasteiger partial charge < -0.3 is 19.3 Å². The number of ether oxygens (including phenoxy) is 1. The molecule has 0 amide bonds. The van der Waals surface area contributed by atoms with Gasteiger partial charge in [-0.3, -0.25) is 4.68 Å². The van der Waals surface area contributed by atoms with Crippen molar-refractivity contribution >= 4 is 23.3 Å². The van der Waals surface area contributed by atoms with Gasteiger partial charge in [0.1, 0.15) is 23.0 Å². The van der Waals surface area contributed by atoms with Gasteiger partial charge in [-0.2, -0.15) is 5.10 Å². The number of anilines is 1. The summed E-state index contributed by atoms with van der Waals surface area (Å²) in [6, 6.07) is 12.2. The number of piperidine rings is 1. The molecule has 10 heteroatoms. The van der Waals surface area contributed by atoms with Crippen LogP contribution in [0.2, 0.25) is 5.02 Å². The van der Waals surface area contributed by atoms with Crippen LogP contribution in [-0.2, 0) is 18.4 Å². The molecule has 0 unspecified atom stereocenters. The minimum Gasteiger partial charge on any atom is -0.477 e. The zero-order chi connectivity index (χ0) is 28.0. The summed E-state index contributed by atoms with van der Waals surface area (Å²) in [7, 11) is 1.55. The van der Waals surface area contributed by atoms with Gasteiger partial charge in [0, 0.05) is 42.7 Å². The average molecular weight is 565 g/mol. The Morgan fingerprint density at radius 2 is 1.95 bits per heavy atom. The number of hydrogen-bond donors (Lipinski definition) is 1. The van der Waals surface area contributed by atoms with Crippen molar-refractivity contribution in [1.29, 1.82) is 0 Å². The van der Waals surface area contributed by atoms with Crippen molar-refractivity contribution in [2.75, 3.05) is 18.0 Å². The number of carboxylic acids is 1. The highest BCUT2D eigenvalue weighted by Crippen LogP contribution is 2.45. The van der Waals surface area contributed by atoms with Gasteiger partial charge in [-0.15, -0.1) is 0 Å². The molecule has 0 bridgehead atoms. The van der Waals surface area contributed by atoms with Gasteiger partial charge in [0.05, 0.1) is 29.1 Å². The van der Waals surface area contributed by atoms with Gasteiger partial charge >= 0.3 is 5.97 Å². The lowest BCUT2D eigenvalue weighted by molar-refractivity contribution is 0.0245. The Balaban J connectivity index is 1.12. The standard InChI is InChI=1S/C30H30ClFN4O4/c1-17-4-3-5-22(31)27(17)28-21(29(40-34-28)18-6-7-18)16-39-20-10-12-36(13-11-20)25-9-8-19(14-23(25)32)24-15-26(30(37)38)35(2)33-24/h3-5,8-9,14-15,18,20H,6-7,10-13,16H2,1-2H3,(H,37,38). The minimum absolute atomic E-state index is 0.0312. The first-order chi connectivity index (χ1) is 19.3. The van der Waals surface area contributed by atoms with Crippen LogP contribution in [0.3, 0.4) is 0 Å². The predicted molar refractivity (Wildman–Crippen MR) is 149 cm³/mol. The van der Waals surface area contributed by atoms with E-state index in [9.17, 15) is 9.90 Å². The zero-order valence-electron chi connectivity index (χ0n) is 22.4. The van der Waals surface area contributed by atoms with E-state index in [4.69, 9.17) is 20.9 Å². The summed E-state index contributed by atoms with van der Waals surface area (Å²) in [6.07, 6.45) is 3.73. The fraction of sp³-hybridized carbons (Fsp3) is 0.367. The van der Waals surface area contributed by atoms with E-state index >= 15 is 4.39 Å². The number of aromatic carboxylic acids is 1. The van der Waals surface area contributed by atoms with E-state index in [0.29, 0.717) is 47.6 Å². The van der Waals surface area contributed by atoms with Gasteiger partial charge in [0.15, 0.2) is 0 Å². The summed E-state index contributed by atoms with van der Waals surface area (Å²) in [6.45, 7) is 3.72. The lowest BCUT2D eigenvalue weighted by Crippen LogP contribution is -2.37. The molecule has 1 saturated carbocycles. The minimum atomic E-state index is -1.08. The van der Waals surface area contributed by atoms with Crippen molar-refractivity contribution in [2.45, 2.75) is 51.2 Å². The van der Waals surface area contributed by atoms with Crippen LogP contribution in [0.5, 0.6) is 0 Å². The lowest BCUT2D eigenvalue weighted by atomic mass is 10.0. The number of hydrogen-bond acceptors (Lipinski definition) is 6. The number of rotatable bonds is 8. The zero-order valence-corrected chi connectivity index (χ0v) is 23.1. The van der Waals surface area contributed by atoms with Crippen LogP contribution in [0.4, 0.5) is 10.1 Å². The molecule has 6 rings (SSSR count). The van der Waals surface area contributed by atoms with Crippen molar-refractivity contribution in [3.8, 4) is 22.5 Å². The Morgan fingerprint density at radius 1 is 1.18 bits per heavy atom. The molecule has 0 atom stereocenters. The molecule has 2 fully saturated rings.